The number of amides is 3. The SMILES string of the molecule is CC1C(=O)N(C2CCNCC2)CCN1C(=O)Nc1ccc(OCC(=O)O)cc1. The van der Waals surface area contributed by atoms with Crippen LogP contribution in [0.3, 0.4) is 0 Å². The number of carboxylic acids is 1. The molecule has 9 nitrogen and oxygen atoms in total. The summed E-state index contributed by atoms with van der Waals surface area (Å²) < 4.78 is 5.07. The number of ether oxygens (including phenoxy) is 1. The first kappa shape index (κ1) is 19.9. The van der Waals surface area contributed by atoms with Crippen molar-refractivity contribution in [2.24, 2.45) is 0 Å². The maximum atomic E-state index is 12.8. The molecule has 0 aliphatic carbocycles. The Kier molecular flexibility index (Phi) is 6.35. The van der Waals surface area contributed by atoms with Gasteiger partial charge in [-0.1, -0.05) is 0 Å². The second-order valence-electron chi connectivity index (χ2n) is 7.02. The quantitative estimate of drug-likeness (QED) is 0.691. The van der Waals surface area contributed by atoms with Crippen LogP contribution in [0.5, 0.6) is 5.75 Å². The Morgan fingerprint density at radius 1 is 1.21 bits per heavy atom. The summed E-state index contributed by atoms with van der Waals surface area (Å²) in [5.74, 6) is -0.662. The summed E-state index contributed by atoms with van der Waals surface area (Å²) in [6.07, 6.45) is 1.89. The highest BCUT2D eigenvalue weighted by atomic mass is 16.5. The number of rotatable bonds is 5. The standard InChI is InChI=1S/C19H26N4O5/c1-13-18(26)23(15-6-8-20-9-7-15)11-10-22(13)19(27)21-14-2-4-16(5-3-14)28-12-17(24)25/h2-5,13,15,20H,6-12H2,1H3,(H,21,27)(H,24,25). The molecule has 3 rings (SSSR count). The van der Waals surface area contributed by atoms with E-state index in [9.17, 15) is 14.4 Å². The second kappa shape index (κ2) is 8.92. The third-order valence-electron chi connectivity index (χ3n) is 5.17. The average Bonchev–Trinajstić information content (AvgIpc) is 2.70. The van der Waals surface area contributed by atoms with E-state index in [1.54, 1.807) is 36.1 Å². The van der Waals surface area contributed by atoms with Crippen molar-refractivity contribution in [2.75, 3.05) is 38.1 Å². The first-order chi connectivity index (χ1) is 13.5. The first-order valence-corrected chi connectivity index (χ1v) is 9.49. The van der Waals surface area contributed by atoms with Crippen molar-refractivity contribution < 1.29 is 24.2 Å². The lowest BCUT2D eigenvalue weighted by Crippen LogP contribution is -2.61. The van der Waals surface area contributed by atoms with Gasteiger partial charge in [0.05, 0.1) is 0 Å². The number of urea groups is 1. The lowest BCUT2D eigenvalue weighted by molar-refractivity contribution is -0.142. The molecule has 2 heterocycles. The molecule has 2 fully saturated rings. The van der Waals surface area contributed by atoms with E-state index in [1.807, 2.05) is 4.90 Å². The van der Waals surface area contributed by atoms with Gasteiger partial charge in [-0.25, -0.2) is 9.59 Å². The van der Waals surface area contributed by atoms with Crippen LogP contribution < -0.4 is 15.4 Å². The molecule has 0 spiro atoms. The molecule has 0 bridgehead atoms. The molecule has 2 saturated heterocycles. The fourth-order valence-electron chi connectivity index (χ4n) is 3.63. The van der Waals surface area contributed by atoms with Gasteiger partial charge in [0.25, 0.3) is 0 Å². The lowest BCUT2D eigenvalue weighted by Gasteiger charge is -2.43. The molecule has 2 aliphatic heterocycles. The summed E-state index contributed by atoms with van der Waals surface area (Å²) in [4.78, 5) is 39.4. The fourth-order valence-corrected chi connectivity index (χ4v) is 3.63. The maximum absolute atomic E-state index is 12.8. The van der Waals surface area contributed by atoms with Crippen LogP contribution in [0.4, 0.5) is 10.5 Å². The van der Waals surface area contributed by atoms with Crippen LogP contribution in [0.15, 0.2) is 24.3 Å². The zero-order valence-corrected chi connectivity index (χ0v) is 15.9. The van der Waals surface area contributed by atoms with E-state index >= 15 is 0 Å². The van der Waals surface area contributed by atoms with Gasteiger partial charge in [-0.3, -0.25) is 4.79 Å². The van der Waals surface area contributed by atoms with Crippen molar-refractivity contribution in [1.82, 2.24) is 15.1 Å². The van der Waals surface area contributed by atoms with Crippen LogP contribution in [0.1, 0.15) is 19.8 Å². The molecule has 0 saturated carbocycles. The zero-order valence-electron chi connectivity index (χ0n) is 15.9. The molecule has 1 unspecified atom stereocenters. The van der Waals surface area contributed by atoms with Crippen molar-refractivity contribution in [2.45, 2.75) is 31.8 Å². The van der Waals surface area contributed by atoms with E-state index in [0.29, 0.717) is 24.5 Å². The van der Waals surface area contributed by atoms with Gasteiger partial charge in [-0.15, -0.1) is 0 Å². The summed E-state index contributed by atoms with van der Waals surface area (Å²) in [5, 5.41) is 14.7. The van der Waals surface area contributed by atoms with E-state index in [-0.39, 0.29) is 18.0 Å². The minimum absolute atomic E-state index is 0.00859. The Hall–Kier alpha value is -2.81. The van der Waals surface area contributed by atoms with Gasteiger partial charge in [-0.2, -0.15) is 0 Å². The molecule has 3 amide bonds. The number of hydrogen-bond acceptors (Lipinski definition) is 5. The summed E-state index contributed by atoms with van der Waals surface area (Å²) >= 11 is 0. The van der Waals surface area contributed by atoms with Crippen LogP contribution in [0.25, 0.3) is 0 Å². The van der Waals surface area contributed by atoms with Crippen LogP contribution in [0, 0.1) is 0 Å². The highest BCUT2D eigenvalue weighted by Crippen LogP contribution is 2.21. The molecule has 0 aromatic heterocycles. The molecule has 1 atom stereocenters. The number of carbonyl (C=O) groups excluding carboxylic acids is 2. The van der Waals surface area contributed by atoms with Crippen molar-refractivity contribution in [3.63, 3.8) is 0 Å². The molecule has 0 radical (unpaired) electrons. The highest BCUT2D eigenvalue weighted by Gasteiger charge is 2.37. The lowest BCUT2D eigenvalue weighted by atomic mass is 10.0. The number of benzene rings is 1. The topological polar surface area (TPSA) is 111 Å². The average molecular weight is 390 g/mol. The summed E-state index contributed by atoms with van der Waals surface area (Å²) in [6.45, 7) is 4.20. The van der Waals surface area contributed by atoms with E-state index in [0.717, 1.165) is 25.9 Å². The molecule has 3 N–H and O–H groups in total. The van der Waals surface area contributed by atoms with Crippen molar-refractivity contribution in [3.05, 3.63) is 24.3 Å². The number of piperazine rings is 1. The number of carbonyl (C=O) groups is 3. The molecule has 9 heteroatoms. The van der Waals surface area contributed by atoms with Gasteiger partial charge in [0.15, 0.2) is 6.61 Å². The van der Waals surface area contributed by atoms with E-state index < -0.39 is 18.6 Å². The van der Waals surface area contributed by atoms with Gasteiger partial charge in [0, 0.05) is 24.8 Å². The van der Waals surface area contributed by atoms with E-state index in [1.165, 1.54) is 0 Å². The molecule has 1 aromatic carbocycles. The third-order valence-corrected chi connectivity index (χ3v) is 5.17. The molecule has 2 aliphatic rings. The molecule has 1 aromatic rings. The fraction of sp³-hybridized carbons (Fsp3) is 0.526. The Morgan fingerprint density at radius 3 is 2.54 bits per heavy atom. The summed E-state index contributed by atoms with van der Waals surface area (Å²) in [6, 6.07) is 5.84. The predicted molar refractivity (Wildman–Crippen MR) is 102 cm³/mol. The summed E-state index contributed by atoms with van der Waals surface area (Å²) in [5.41, 5.74) is 0.549. The number of nitrogens with zero attached hydrogens (tertiary/aromatic N) is 2. The van der Waals surface area contributed by atoms with Crippen LogP contribution >= 0.6 is 0 Å². The number of aliphatic carboxylic acids is 1. The molecule has 152 valence electrons. The van der Waals surface area contributed by atoms with Gasteiger partial charge in [0.2, 0.25) is 5.91 Å². The van der Waals surface area contributed by atoms with Crippen LogP contribution in [0.2, 0.25) is 0 Å². The maximum Gasteiger partial charge on any atom is 0.341 e. The van der Waals surface area contributed by atoms with E-state index in [2.05, 4.69) is 10.6 Å². The summed E-state index contributed by atoms with van der Waals surface area (Å²) in [7, 11) is 0. The molecule has 28 heavy (non-hydrogen) atoms. The smallest absolute Gasteiger partial charge is 0.341 e. The number of anilines is 1. The Balaban J connectivity index is 1.56. The van der Waals surface area contributed by atoms with Gasteiger partial charge in [-0.05, 0) is 57.1 Å². The normalized spacial score (nSPS) is 20.8. The number of hydrogen-bond donors (Lipinski definition) is 3. The number of piperidine rings is 1. The third kappa shape index (κ3) is 4.72. The van der Waals surface area contributed by atoms with Crippen LogP contribution in [-0.4, -0.2) is 77.7 Å². The van der Waals surface area contributed by atoms with Crippen molar-refractivity contribution in [1.29, 1.82) is 0 Å². The van der Waals surface area contributed by atoms with Crippen LogP contribution in [-0.2, 0) is 9.59 Å². The Bertz CT molecular complexity index is 718. The second-order valence-corrected chi connectivity index (χ2v) is 7.02. The monoisotopic (exact) mass is 390 g/mol. The van der Waals surface area contributed by atoms with Gasteiger partial charge < -0.3 is 30.3 Å². The van der Waals surface area contributed by atoms with Gasteiger partial charge >= 0.3 is 12.0 Å². The largest absolute Gasteiger partial charge is 0.482 e. The van der Waals surface area contributed by atoms with E-state index in [4.69, 9.17) is 9.84 Å². The molecular weight excluding hydrogens is 364 g/mol. The van der Waals surface area contributed by atoms with Crippen molar-refractivity contribution in [3.8, 4) is 5.75 Å². The number of carboxylic acid groups (broad SMARTS) is 1. The first-order valence-electron chi connectivity index (χ1n) is 9.49. The zero-order chi connectivity index (χ0) is 20.1. The highest BCUT2D eigenvalue weighted by molar-refractivity contribution is 5.94. The number of nitrogens with one attached hydrogen (secondary N) is 2. The minimum Gasteiger partial charge on any atom is -0.482 e. The predicted octanol–water partition coefficient (Wildman–Crippen LogP) is 0.967. The minimum atomic E-state index is -1.06. The Labute approximate surface area is 163 Å². The molecular formula is C19H26N4O5. The Morgan fingerprint density at radius 2 is 1.89 bits per heavy atom. The van der Waals surface area contributed by atoms with Gasteiger partial charge in [0.1, 0.15) is 11.8 Å². The van der Waals surface area contributed by atoms with Crippen molar-refractivity contribution >= 4 is 23.6 Å².